The van der Waals surface area contributed by atoms with E-state index in [1.54, 1.807) is 0 Å². The number of hydrogen-bond acceptors (Lipinski definition) is 4. The summed E-state index contributed by atoms with van der Waals surface area (Å²) in [7, 11) is 0. The first-order chi connectivity index (χ1) is 12.4. The number of H-pyrrole nitrogens is 1. The van der Waals surface area contributed by atoms with E-state index in [0.29, 0.717) is 18.4 Å². The average molecular weight is 353 g/mol. The number of amides is 1. The van der Waals surface area contributed by atoms with E-state index in [4.69, 9.17) is 5.73 Å². The average Bonchev–Trinajstić information content (AvgIpc) is 3.13. The Labute approximate surface area is 153 Å². The number of guanidine groups is 1. The molecule has 1 spiro atoms. The molecule has 2 aliphatic heterocycles. The Morgan fingerprint density at radius 1 is 1.31 bits per heavy atom. The number of carbonyl (C=O) groups is 1. The molecule has 138 valence electrons. The molecule has 6 heteroatoms. The second-order valence-corrected chi connectivity index (χ2v) is 7.98. The highest BCUT2D eigenvalue weighted by Gasteiger charge is 2.39. The van der Waals surface area contributed by atoms with Crippen molar-refractivity contribution in [2.75, 3.05) is 19.6 Å². The van der Waals surface area contributed by atoms with Gasteiger partial charge in [0.2, 0.25) is 0 Å². The van der Waals surface area contributed by atoms with Crippen LogP contribution in [0.3, 0.4) is 0 Å². The minimum absolute atomic E-state index is 0.0482. The van der Waals surface area contributed by atoms with Gasteiger partial charge in [0.25, 0.3) is 5.91 Å². The maximum absolute atomic E-state index is 13.0. The Hall–Kier alpha value is -2.50. The maximum Gasteiger partial charge on any atom is 0.253 e. The number of likely N-dealkylation sites (tertiary alicyclic amines) is 1. The lowest BCUT2D eigenvalue weighted by Gasteiger charge is -2.39. The van der Waals surface area contributed by atoms with Crippen LogP contribution < -0.4 is 11.1 Å². The molecular weight excluding hydrogens is 326 g/mol. The van der Waals surface area contributed by atoms with Crippen molar-refractivity contribution in [3.63, 3.8) is 0 Å². The lowest BCUT2D eigenvalue weighted by atomic mass is 9.88. The molecule has 1 fully saturated rings. The Morgan fingerprint density at radius 3 is 2.65 bits per heavy atom. The van der Waals surface area contributed by atoms with Crippen LogP contribution in [0.15, 0.2) is 23.2 Å². The van der Waals surface area contributed by atoms with Crippen molar-refractivity contribution in [3.05, 3.63) is 35.0 Å². The smallest absolute Gasteiger partial charge is 0.253 e. The fraction of sp³-hybridized carbons (Fsp3) is 0.500. The molecule has 4 N–H and O–H groups in total. The fourth-order valence-electron chi connectivity index (χ4n) is 4.42. The highest BCUT2D eigenvalue weighted by molar-refractivity contribution is 5.99. The molecule has 2 aliphatic rings. The zero-order chi connectivity index (χ0) is 18.5. The lowest BCUT2D eigenvalue weighted by Crippen LogP contribution is -2.55. The molecule has 1 saturated heterocycles. The fourth-order valence-corrected chi connectivity index (χ4v) is 4.42. The normalized spacial score (nSPS) is 19.2. The van der Waals surface area contributed by atoms with E-state index in [9.17, 15) is 4.79 Å². The number of nitrogens with zero attached hydrogens (tertiary/aromatic N) is 2. The highest BCUT2D eigenvalue weighted by atomic mass is 16.2. The third-order valence-corrected chi connectivity index (χ3v) is 5.81. The number of nitrogens with one attached hydrogen (secondary N) is 2. The first-order valence-corrected chi connectivity index (χ1v) is 9.38. The second-order valence-electron chi connectivity index (χ2n) is 7.98. The zero-order valence-corrected chi connectivity index (χ0v) is 15.7. The largest absolute Gasteiger partial charge is 0.370 e. The van der Waals surface area contributed by atoms with Gasteiger partial charge in [0, 0.05) is 35.2 Å². The van der Waals surface area contributed by atoms with E-state index in [2.05, 4.69) is 42.1 Å². The second kappa shape index (κ2) is 6.04. The highest BCUT2D eigenvalue weighted by Crippen LogP contribution is 2.31. The van der Waals surface area contributed by atoms with Gasteiger partial charge in [0.1, 0.15) is 0 Å². The van der Waals surface area contributed by atoms with Gasteiger partial charge in [-0.3, -0.25) is 9.79 Å². The number of piperidine rings is 1. The van der Waals surface area contributed by atoms with Crippen LogP contribution in [0.25, 0.3) is 10.9 Å². The van der Waals surface area contributed by atoms with Gasteiger partial charge in [-0.25, -0.2) is 0 Å². The third kappa shape index (κ3) is 2.73. The van der Waals surface area contributed by atoms with Crippen LogP contribution in [0, 0.1) is 6.92 Å². The third-order valence-electron chi connectivity index (χ3n) is 5.81. The number of fused-ring (bicyclic) bond motifs is 1. The monoisotopic (exact) mass is 353 g/mol. The summed E-state index contributed by atoms with van der Waals surface area (Å²) in [6.45, 7) is 8.66. The van der Waals surface area contributed by atoms with Crippen molar-refractivity contribution in [1.29, 1.82) is 0 Å². The van der Waals surface area contributed by atoms with E-state index in [1.165, 1.54) is 11.3 Å². The molecule has 0 atom stereocenters. The van der Waals surface area contributed by atoms with Crippen LogP contribution in [0.4, 0.5) is 0 Å². The van der Waals surface area contributed by atoms with Gasteiger partial charge >= 0.3 is 0 Å². The number of carbonyl (C=O) groups excluding carboxylic acids is 1. The molecule has 0 radical (unpaired) electrons. The number of nitrogens with two attached hydrogens (primary N) is 1. The van der Waals surface area contributed by atoms with E-state index in [1.807, 2.05) is 17.0 Å². The van der Waals surface area contributed by atoms with Crippen molar-refractivity contribution in [2.24, 2.45) is 10.7 Å². The summed E-state index contributed by atoms with van der Waals surface area (Å²) in [5.74, 6) is 1.06. The van der Waals surface area contributed by atoms with Gasteiger partial charge in [-0.2, -0.15) is 0 Å². The van der Waals surface area contributed by atoms with E-state index < -0.39 is 0 Å². The molecule has 4 rings (SSSR count). The van der Waals surface area contributed by atoms with Crippen LogP contribution in [-0.4, -0.2) is 46.9 Å². The number of aromatic amines is 1. The number of benzene rings is 1. The minimum atomic E-state index is -0.0482. The molecule has 2 aromatic rings. The zero-order valence-electron chi connectivity index (χ0n) is 15.7. The van der Waals surface area contributed by atoms with Crippen LogP contribution in [-0.2, 0) is 0 Å². The molecule has 0 unspecified atom stereocenters. The molecule has 1 amide bonds. The summed E-state index contributed by atoms with van der Waals surface area (Å²) in [5.41, 5.74) is 10.1. The van der Waals surface area contributed by atoms with Crippen molar-refractivity contribution in [3.8, 4) is 0 Å². The predicted octanol–water partition coefficient (Wildman–Crippen LogP) is 2.49. The molecule has 1 aromatic carbocycles. The van der Waals surface area contributed by atoms with Gasteiger partial charge in [-0.15, -0.1) is 0 Å². The molecule has 0 saturated carbocycles. The predicted molar refractivity (Wildman–Crippen MR) is 105 cm³/mol. The summed E-state index contributed by atoms with van der Waals surface area (Å²) >= 11 is 0. The molecule has 1 aromatic heterocycles. The maximum atomic E-state index is 13.0. The quantitative estimate of drug-likeness (QED) is 0.775. The number of aromatic nitrogens is 1. The standard InChI is InChI=1S/C20H27N5O/c1-12(2)17-13(3)23-16-5-4-14(10-15(16)17)18(26)25-8-6-20(7-9-25)11-22-19(21)24-20/h4-5,10,12,23H,6-9,11H2,1-3H3,(H3,21,22,24). The Balaban J connectivity index is 1.54. The van der Waals surface area contributed by atoms with Gasteiger partial charge in [-0.1, -0.05) is 13.8 Å². The number of aryl methyl sites for hydroxylation is 1. The summed E-state index contributed by atoms with van der Waals surface area (Å²) in [6.07, 6.45) is 1.76. The first-order valence-electron chi connectivity index (χ1n) is 9.38. The van der Waals surface area contributed by atoms with Crippen molar-refractivity contribution in [1.82, 2.24) is 15.2 Å². The lowest BCUT2D eigenvalue weighted by molar-refractivity contribution is 0.0669. The summed E-state index contributed by atoms with van der Waals surface area (Å²) in [5, 5.41) is 4.46. The minimum Gasteiger partial charge on any atom is -0.370 e. The van der Waals surface area contributed by atoms with E-state index in [-0.39, 0.29) is 11.4 Å². The Kier molecular flexibility index (Phi) is 3.93. The molecule has 26 heavy (non-hydrogen) atoms. The van der Waals surface area contributed by atoms with Crippen LogP contribution in [0.5, 0.6) is 0 Å². The molecule has 0 aliphatic carbocycles. The van der Waals surface area contributed by atoms with Crippen LogP contribution in [0.2, 0.25) is 0 Å². The van der Waals surface area contributed by atoms with Crippen molar-refractivity contribution < 1.29 is 4.79 Å². The van der Waals surface area contributed by atoms with Crippen molar-refractivity contribution >= 4 is 22.8 Å². The van der Waals surface area contributed by atoms with E-state index >= 15 is 0 Å². The Bertz CT molecular complexity index is 887. The van der Waals surface area contributed by atoms with Gasteiger partial charge in [0.15, 0.2) is 5.96 Å². The van der Waals surface area contributed by atoms with Crippen LogP contribution in [0.1, 0.15) is 54.2 Å². The molecule has 3 heterocycles. The molecule has 0 bridgehead atoms. The first kappa shape index (κ1) is 16.9. The van der Waals surface area contributed by atoms with E-state index in [0.717, 1.165) is 42.4 Å². The number of hydrogen-bond donors (Lipinski definition) is 3. The van der Waals surface area contributed by atoms with Gasteiger partial charge < -0.3 is 20.9 Å². The SMILES string of the molecule is Cc1[nH]c2ccc(C(=O)N3CCC4(CC3)CN=C(N)N4)cc2c1C(C)C. The summed E-state index contributed by atoms with van der Waals surface area (Å²) in [4.78, 5) is 22.7. The topological polar surface area (TPSA) is 86.5 Å². The van der Waals surface area contributed by atoms with Crippen LogP contribution >= 0.6 is 0 Å². The molecule has 6 nitrogen and oxygen atoms in total. The summed E-state index contributed by atoms with van der Waals surface area (Å²) in [6, 6.07) is 6.01. The number of rotatable bonds is 2. The summed E-state index contributed by atoms with van der Waals surface area (Å²) < 4.78 is 0. The number of aliphatic imine (C=N–C) groups is 1. The van der Waals surface area contributed by atoms with Crippen molar-refractivity contribution in [2.45, 2.75) is 45.1 Å². The van der Waals surface area contributed by atoms with Gasteiger partial charge in [-0.05, 0) is 49.4 Å². The van der Waals surface area contributed by atoms with Gasteiger partial charge in [0.05, 0.1) is 12.1 Å². The molecular formula is C20H27N5O. The Morgan fingerprint density at radius 2 is 2.04 bits per heavy atom.